The molecule has 0 radical (unpaired) electrons. The maximum atomic E-state index is 16.2. The number of aldehydes is 1. The normalized spacial score (nSPS) is 13.8. The number of halogens is 3. The lowest BCUT2D eigenvalue weighted by Crippen LogP contribution is -2.35. The van der Waals surface area contributed by atoms with Crippen molar-refractivity contribution < 1.29 is 27.2 Å². The third-order valence-corrected chi connectivity index (χ3v) is 8.01. The van der Waals surface area contributed by atoms with E-state index in [4.69, 9.17) is 4.42 Å². The molecular weight excluding hydrogens is 555 g/mol. The first-order chi connectivity index (χ1) is 20.8. The molecule has 43 heavy (non-hydrogen) atoms. The van der Waals surface area contributed by atoms with Crippen LogP contribution >= 0.6 is 0 Å². The lowest BCUT2D eigenvalue weighted by Gasteiger charge is -2.18. The van der Waals surface area contributed by atoms with Gasteiger partial charge >= 0.3 is 0 Å². The SMILES string of the molecule is Cc1c(F)cc(C(=O)NC2(c3ccc4cccnc4n3)CC2)cc1-c1ccc2oc(-c3ccc(F)cc3)c(C=O)c2c1F. The van der Waals surface area contributed by atoms with Gasteiger partial charge in [-0.2, -0.15) is 0 Å². The van der Waals surface area contributed by atoms with Crippen molar-refractivity contribution in [2.45, 2.75) is 25.3 Å². The van der Waals surface area contributed by atoms with Crippen molar-refractivity contribution in [3.63, 3.8) is 0 Å². The molecule has 7 rings (SSSR count). The van der Waals surface area contributed by atoms with Crippen molar-refractivity contribution in [1.82, 2.24) is 15.3 Å². The first-order valence-electron chi connectivity index (χ1n) is 13.6. The van der Waals surface area contributed by atoms with Crippen molar-refractivity contribution in [2.75, 3.05) is 0 Å². The maximum Gasteiger partial charge on any atom is 0.252 e. The predicted octanol–water partition coefficient (Wildman–Crippen LogP) is 7.67. The number of pyridine rings is 2. The molecule has 3 heterocycles. The number of rotatable bonds is 6. The van der Waals surface area contributed by atoms with E-state index < -0.39 is 28.9 Å². The molecule has 1 aliphatic rings. The van der Waals surface area contributed by atoms with Crippen LogP contribution in [0.15, 0.2) is 83.4 Å². The second-order valence-electron chi connectivity index (χ2n) is 10.7. The molecule has 1 N–H and O–H groups in total. The minimum Gasteiger partial charge on any atom is -0.455 e. The van der Waals surface area contributed by atoms with Gasteiger partial charge in [-0.3, -0.25) is 9.59 Å². The van der Waals surface area contributed by atoms with Gasteiger partial charge in [-0.05, 0) is 104 Å². The number of amides is 1. The predicted molar refractivity (Wildman–Crippen MR) is 155 cm³/mol. The van der Waals surface area contributed by atoms with Gasteiger partial charge in [0.2, 0.25) is 0 Å². The largest absolute Gasteiger partial charge is 0.455 e. The number of carbonyl (C=O) groups is 2. The molecule has 1 fully saturated rings. The summed E-state index contributed by atoms with van der Waals surface area (Å²) in [6, 6.07) is 18.2. The highest BCUT2D eigenvalue weighted by atomic mass is 19.1. The molecule has 6 nitrogen and oxygen atoms in total. The highest BCUT2D eigenvalue weighted by Crippen LogP contribution is 2.45. The number of nitrogens with zero attached hydrogens (tertiary/aromatic N) is 2. The van der Waals surface area contributed by atoms with Crippen LogP contribution in [0.1, 0.15) is 44.8 Å². The van der Waals surface area contributed by atoms with Crippen molar-refractivity contribution >= 4 is 34.2 Å². The standard InChI is InChI=1S/C34H22F3N3O3/c1-18-24(23-9-10-27-29(30(23)37)25(17-41)31(43-27)19-4-7-22(35)8-5-19)15-21(16-26(18)36)33(42)40-34(12-13-34)28-11-6-20-3-2-14-38-32(20)39-28/h2-11,14-17H,12-13H2,1H3,(H,40,42). The minimum atomic E-state index is -0.803. The number of nitrogens with one attached hydrogen (secondary N) is 1. The fraction of sp³-hybridized carbons (Fsp3) is 0.118. The summed E-state index contributed by atoms with van der Waals surface area (Å²) in [5, 5.41) is 3.78. The Kier molecular flexibility index (Phi) is 6.12. The first-order valence-corrected chi connectivity index (χ1v) is 13.6. The molecule has 1 aliphatic carbocycles. The molecule has 3 aromatic heterocycles. The molecule has 0 saturated heterocycles. The van der Waals surface area contributed by atoms with Crippen LogP contribution in [-0.4, -0.2) is 22.2 Å². The van der Waals surface area contributed by atoms with E-state index in [0.717, 1.165) is 11.5 Å². The van der Waals surface area contributed by atoms with Gasteiger partial charge in [0.15, 0.2) is 11.9 Å². The molecule has 6 aromatic rings. The monoisotopic (exact) mass is 577 g/mol. The van der Waals surface area contributed by atoms with Crippen LogP contribution in [0, 0.1) is 24.4 Å². The average molecular weight is 578 g/mol. The van der Waals surface area contributed by atoms with E-state index in [1.165, 1.54) is 49.4 Å². The second-order valence-corrected chi connectivity index (χ2v) is 10.7. The molecule has 1 amide bonds. The van der Waals surface area contributed by atoms with Gasteiger partial charge in [0.05, 0.1) is 22.2 Å². The molecular formula is C34H22F3N3O3. The van der Waals surface area contributed by atoms with E-state index in [2.05, 4.69) is 15.3 Å². The van der Waals surface area contributed by atoms with Crippen LogP contribution in [-0.2, 0) is 5.54 Å². The molecule has 1 saturated carbocycles. The van der Waals surface area contributed by atoms with E-state index in [1.807, 2.05) is 24.3 Å². The summed E-state index contributed by atoms with van der Waals surface area (Å²) in [6.07, 6.45) is 3.43. The molecule has 0 aliphatic heterocycles. The lowest BCUT2D eigenvalue weighted by atomic mass is 9.94. The number of fused-ring (bicyclic) bond motifs is 2. The van der Waals surface area contributed by atoms with Crippen LogP contribution in [0.2, 0.25) is 0 Å². The van der Waals surface area contributed by atoms with E-state index in [1.54, 1.807) is 6.20 Å². The Labute approximate surface area is 243 Å². The van der Waals surface area contributed by atoms with Gasteiger partial charge in [0.25, 0.3) is 5.91 Å². The number of aromatic nitrogens is 2. The number of benzene rings is 3. The summed E-state index contributed by atoms with van der Waals surface area (Å²) in [6.45, 7) is 1.49. The molecule has 3 aromatic carbocycles. The fourth-order valence-corrected chi connectivity index (χ4v) is 5.48. The zero-order valence-corrected chi connectivity index (χ0v) is 22.8. The number of hydrogen-bond acceptors (Lipinski definition) is 5. The summed E-state index contributed by atoms with van der Waals surface area (Å²) in [7, 11) is 0. The number of carbonyl (C=O) groups excluding carboxylic acids is 2. The van der Waals surface area contributed by atoms with Crippen molar-refractivity contribution in [1.29, 1.82) is 0 Å². The third kappa shape index (κ3) is 4.44. The smallest absolute Gasteiger partial charge is 0.252 e. The number of hydrogen-bond donors (Lipinski definition) is 1. The van der Waals surface area contributed by atoms with Crippen LogP contribution in [0.4, 0.5) is 13.2 Å². The first kappa shape index (κ1) is 26.6. The van der Waals surface area contributed by atoms with Crippen LogP contribution < -0.4 is 5.32 Å². The van der Waals surface area contributed by atoms with Gasteiger partial charge in [-0.25, -0.2) is 23.1 Å². The lowest BCUT2D eigenvalue weighted by molar-refractivity contribution is 0.0929. The van der Waals surface area contributed by atoms with Crippen LogP contribution in [0.5, 0.6) is 0 Å². The summed E-state index contributed by atoms with van der Waals surface area (Å²) in [5.41, 5.74) is 1.25. The van der Waals surface area contributed by atoms with Crippen molar-refractivity contribution in [3.8, 4) is 22.5 Å². The molecule has 0 bridgehead atoms. The Hall–Kier alpha value is -5.31. The van der Waals surface area contributed by atoms with E-state index >= 15 is 8.78 Å². The zero-order chi connectivity index (χ0) is 29.9. The summed E-state index contributed by atoms with van der Waals surface area (Å²) < 4.78 is 50.7. The second kappa shape index (κ2) is 9.90. The molecule has 212 valence electrons. The summed E-state index contributed by atoms with van der Waals surface area (Å²) in [5.74, 6) is -2.40. The third-order valence-electron chi connectivity index (χ3n) is 8.01. The van der Waals surface area contributed by atoms with Gasteiger partial charge < -0.3 is 9.73 Å². The average Bonchev–Trinajstić information content (AvgIpc) is 3.70. The maximum absolute atomic E-state index is 16.2. The summed E-state index contributed by atoms with van der Waals surface area (Å²) >= 11 is 0. The van der Waals surface area contributed by atoms with Gasteiger partial charge in [0, 0.05) is 28.3 Å². The Morgan fingerprint density at radius 3 is 2.51 bits per heavy atom. The van der Waals surface area contributed by atoms with Gasteiger partial charge in [-0.15, -0.1) is 0 Å². The van der Waals surface area contributed by atoms with Gasteiger partial charge in [-0.1, -0.05) is 0 Å². The van der Waals surface area contributed by atoms with Crippen LogP contribution in [0.3, 0.4) is 0 Å². The fourth-order valence-electron chi connectivity index (χ4n) is 5.48. The summed E-state index contributed by atoms with van der Waals surface area (Å²) in [4.78, 5) is 34.5. The molecule has 9 heteroatoms. The highest BCUT2D eigenvalue weighted by molar-refractivity contribution is 6.05. The van der Waals surface area contributed by atoms with E-state index in [-0.39, 0.29) is 44.5 Å². The highest BCUT2D eigenvalue weighted by Gasteiger charge is 2.47. The minimum absolute atomic E-state index is 0.00323. The molecule has 0 spiro atoms. The quantitative estimate of drug-likeness (QED) is 0.205. The van der Waals surface area contributed by atoms with Gasteiger partial charge in [0.1, 0.15) is 28.8 Å². The van der Waals surface area contributed by atoms with E-state index in [9.17, 15) is 14.0 Å². The topological polar surface area (TPSA) is 85.1 Å². The molecule has 0 atom stereocenters. The van der Waals surface area contributed by atoms with Crippen LogP contribution in [0.25, 0.3) is 44.5 Å². The Morgan fingerprint density at radius 2 is 1.77 bits per heavy atom. The zero-order valence-electron chi connectivity index (χ0n) is 22.8. The number of furan rings is 1. The Morgan fingerprint density at radius 1 is 0.977 bits per heavy atom. The Balaban J connectivity index is 1.27. The Bertz CT molecular complexity index is 2100. The molecule has 0 unspecified atom stereocenters. The van der Waals surface area contributed by atoms with Crippen molar-refractivity contribution in [3.05, 3.63) is 119 Å². The van der Waals surface area contributed by atoms with Crippen molar-refractivity contribution in [2.24, 2.45) is 0 Å². The van der Waals surface area contributed by atoms with E-state index in [0.29, 0.717) is 36.0 Å².